The molecular formula is C10H22O3. The van der Waals surface area contributed by atoms with E-state index in [0.717, 1.165) is 38.5 Å². The Hall–Kier alpha value is -0.120. The van der Waals surface area contributed by atoms with Crippen LogP contribution in [0.1, 0.15) is 45.4 Å². The molecule has 3 nitrogen and oxygen atoms in total. The fourth-order valence-corrected chi connectivity index (χ4v) is 1.09. The van der Waals surface area contributed by atoms with E-state index in [1.165, 1.54) is 0 Å². The summed E-state index contributed by atoms with van der Waals surface area (Å²) in [5.74, 6) is 0. The number of unbranched alkanes of at least 4 members (excludes halogenated alkanes) is 3. The van der Waals surface area contributed by atoms with Crippen molar-refractivity contribution in [2.45, 2.75) is 51.7 Å². The van der Waals surface area contributed by atoms with E-state index in [1.54, 1.807) is 0 Å². The van der Waals surface area contributed by atoms with Crippen LogP contribution in [0.15, 0.2) is 0 Å². The van der Waals surface area contributed by atoms with Crippen molar-refractivity contribution in [3.8, 4) is 0 Å². The van der Waals surface area contributed by atoms with Gasteiger partial charge in [0, 0.05) is 13.2 Å². The molecule has 0 spiro atoms. The summed E-state index contributed by atoms with van der Waals surface area (Å²) in [6.45, 7) is 2.89. The molecule has 0 aliphatic carbocycles. The summed E-state index contributed by atoms with van der Waals surface area (Å²) in [7, 11) is 0. The Kier molecular flexibility index (Phi) is 9.87. The third-order valence-electron chi connectivity index (χ3n) is 1.92. The van der Waals surface area contributed by atoms with Gasteiger partial charge in [0.25, 0.3) is 0 Å². The molecule has 0 fully saturated rings. The number of aliphatic hydroxyl groups excluding tert-OH is 2. The molecule has 0 aliphatic rings. The molecule has 0 bridgehead atoms. The number of aliphatic hydroxyl groups is 2. The van der Waals surface area contributed by atoms with Gasteiger partial charge in [-0.2, -0.15) is 0 Å². The molecule has 80 valence electrons. The Balaban J connectivity index is 3.05. The van der Waals surface area contributed by atoms with Crippen molar-refractivity contribution in [3.05, 3.63) is 0 Å². The van der Waals surface area contributed by atoms with Crippen molar-refractivity contribution < 1.29 is 14.9 Å². The van der Waals surface area contributed by atoms with Crippen LogP contribution in [0.25, 0.3) is 0 Å². The first kappa shape index (κ1) is 12.9. The summed E-state index contributed by atoms with van der Waals surface area (Å²) in [6, 6.07) is 0. The van der Waals surface area contributed by atoms with Gasteiger partial charge >= 0.3 is 0 Å². The highest BCUT2D eigenvalue weighted by atomic mass is 16.6. The van der Waals surface area contributed by atoms with Crippen molar-refractivity contribution in [1.82, 2.24) is 0 Å². The van der Waals surface area contributed by atoms with Gasteiger partial charge in [-0.25, -0.2) is 0 Å². The monoisotopic (exact) mass is 190 g/mol. The van der Waals surface area contributed by atoms with Crippen molar-refractivity contribution >= 4 is 0 Å². The zero-order valence-corrected chi connectivity index (χ0v) is 8.54. The molecule has 0 amide bonds. The lowest BCUT2D eigenvalue weighted by molar-refractivity contribution is -0.105. The highest BCUT2D eigenvalue weighted by Crippen LogP contribution is 2.04. The van der Waals surface area contributed by atoms with Gasteiger partial charge in [0.05, 0.1) is 0 Å². The van der Waals surface area contributed by atoms with Crippen LogP contribution in [-0.2, 0) is 4.74 Å². The minimum atomic E-state index is -0.606. The van der Waals surface area contributed by atoms with Crippen LogP contribution >= 0.6 is 0 Å². The Labute approximate surface area is 80.7 Å². The van der Waals surface area contributed by atoms with E-state index in [1.807, 2.05) is 0 Å². The molecule has 0 aliphatic heterocycles. The normalized spacial score (nSPS) is 13.2. The number of ether oxygens (including phenoxy) is 1. The Morgan fingerprint density at radius 3 is 2.54 bits per heavy atom. The minimum Gasteiger partial charge on any atom is -0.396 e. The predicted molar refractivity (Wildman–Crippen MR) is 52.4 cm³/mol. The summed E-state index contributed by atoms with van der Waals surface area (Å²) in [6.07, 6.45) is 5.03. The van der Waals surface area contributed by atoms with Crippen LogP contribution in [-0.4, -0.2) is 29.7 Å². The second kappa shape index (κ2) is 9.96. The third-order valence-corrected chi connectivity index (χ3v) is 1.92. The van der Waals surface area contributed by atoms with E-state index < -0.39 is 6.29 Å². The molecule has 0 rings (SSSR count). The lowest BCUT2D eigenvalue weighted by atomic mass is 10.2. The maximum Gasteiger partial charge on any atom is 0.154 e. The topological polar surface area (TPSA) is 49.7 Å². The van der Waals surface area contributed by atoms with Gasteiger partial charge in [-0.05, 0) is 25.7 Å². The minimum absolute atomic E-state index is 0.204. The fourth-order valence-electron chi connectivity index (χ4n) is 1.09. The van der Waals surface area contributed by atoms with Crippen LogP contribution in [0.4, 0.5) is 0 Å². The van der Waals surface area contributed by atoms with Gasteiger partial charge in [0.2, 0.25) is 0 Å². The first-order chi connectivity index (χ1) is 6.31. The Morgan fingerprint density at radius 1 is 1.15 bits per heavy atom. The largest absolute Gasteiger partial charge is 0.396 e. The number of rotatable bonds is 9. The van der Waals surface area contributed by atoms with Crippen LogP contribution in [0.3, 0.4) is 0 Å². The molecule has 0 aromatic carbocycles. The molecule has 0 saturated heterocycles. The van der Waals surface area contributed by atoms with Crippen molar-refractivity contribution in [2.24, 2.45) is 0 Å². The molecular weight excluding hydrogens is 168 g/mol. The number of hydrogen-bond acceptors (Lipinski definition) is 3. The molecule has 2 N–H and O–H groups in total. The van der Waals surface area contributed by atoms with Gasteiger partial charge in [-0.3, -0.25) is 0 Å². The molecule has 0 aromatic heterocycles. The van der Waals surface area contributed by atoms with Crippen LogP contribution in [0, 0.1) is 0 Å². The third kappa shape index (κ3) is 9.80. The molecule has 0 saturated carbocycles. The lowest BCUT2D eigenvalue weighted by Gasteiger charge is -2.10. The standard InChI is InChI=1S/C10H22O3/c1-2-3-4-7-10(12)13-9-6-5-8-11/h10-12H,2-9H2,1H3. The summed E-state index contributed by atoms with van der Waals surface area (Å²) < 4.78 is 5.14. The maximum absolute atomic E-state index is 9.29. The zero-order valence-electron chi connectivity index (χ0n) is 8.54. The van der Waals surface area contributed by atoms with E-state index >= 15 is 0 Å². The molecule has 1 atom stereocenters. The van der Waals surface area contributed by atoms with Crippen LogP contribution < -0.4 is 0 Å². The maximum atomic E-state index is 9.29. The second-order valence-electron chi connectivity index (χ2n) is 3.25. The molecule has 3 heteroatoms. The summed E-state index contributed by atoms with van der Waals surface area (Å²) in [5.41, 5.74) is 0. The molecule has 0 heterocycles. The van der Waals surface area contributed by atoms with Crippen molar-refractivity contribution in [3.63, 3.8) is 0 Å². The van der Waals surface area contributed by atoms with Gasteiger partial charge in [0.15, 0.2) is 6.29 Å². The van der Waals surface area contributed by atoms with E-state index in [-0.39, 0.29) is 6.61 Å². The second-order valence-corrected chi connectivity index (χ2v) is 3.25. The van der Waals surface area contributed by atoms with Gasteiger partial charge < -0.3 is 14.9 Å². The predicted octanol–water partition coefficient (Wildman–Crippen LogP) is 1.67. The fraction of sp³-hybridized carbons (Fsp3) is 1.00. The molecule has 0 radical (unpaired) electrons. The Morgan fingerprint density at radius 2 is 1.92 bits per heavy atom. The van der Waals surface area contributed by atoms with E-state index in [9.17, 15) is 5.11 Å². The van der Waals surface area contributed by atoms with Crippen LogP contribution in [0.2, 0.25) is 0 Å². The highest BCUT2D eigenvalue weighted by molar-refractivity contribution is 4.45. The summed E-state index contributed by atoms with van der Waals surface area (Å²) >= 11 is 0. The average molecular weight is 190 g/mol. The van der Waals surface area contributed by atoms with E-state index in [4.69, 9.17) is 9.84 Å². The molecule has 1 unspecified atom stereocenters. The summed E-state index contributed by atoms with van der Waals surface area (Å²) in [5, 5.41) is 17.8. The first-order valence-electron chi connectivity index (χ1n) is 5.21. The smallest absolute Gasteiger partial charge is 0.154 e. The van der Waals surface area contributed by atoms with Gasteiger partial charge in [-0.15, -0.1) is 0 Å². The van der Waals surface area contributed by atoms with Crippen LogP contribution in [0.5, 0.6) is 0 Å². The molecule has 0 aromatic rings. The summed E-state index contributed by atoms with van der Waals surface area (Å²) in [4.78, 5) is 0. The van der Waals surface area contributed by atoms with Crippen molar-refractivity contribution in [1.29, 1.82) is 0 Å². The van der Waals surface area contributed by atoms with E-state index in [0.29, 0.717) is 6.61 Å². The quantitative estimate of drug-likeness (QED) is 0.429. The lowest BCUT2D eigenvalue weighted by Crippen LogP contribution is -2.12. The zero-order chi connectivity index (χ0) is 9.94. The van der Waals surface area contributed by atoms with Gasteiger partial charge in [0.1, 0.15) is 0 Å². The first-order valence-corrected chi connectivity index (χ1v) is 5.21. The SMILES string of the molecule is CCCCCC(O)OCCCCO. The Bertz CT molecular complexity index is 96.2. The molecule has 13 heavy (non-hydrogen) atoms. The average Bonchev–Trinajstić information content (AvgIpc) is 2.13. The number of hydrogen-bond donors (Lipinski definition) is 2. The van der Waals surface area contributed by atoms with Crippen molar-refractivity contribution in [2.75, 3.05) is 13.2 Å². The van der Waals surface area contributed by atoms with E-state index in [2.05, 4.69) is 6.92 Å². The highest BCUT2D eigenvalue weighted by Gasteiger charge is 2.02. The van der Waals surface area contributed by atoms with Gasteiger partial charge in [-0.1, -0.05) is 19.8 Å².